The predicted octanol–water partition coefficient (Wildman–Crippen LogP) is 3.07. The molecule has 0 spiro atoms. The second-order valence-electron chi connectivity index (χ2n) is 8.38. The Bertz CT molecular complexity index is 984. The van der Waals surface area contributed by atoms with Crippen molar-refractivity contribution in [2.75, 3.05) is 44.4 Å². The predicted molar refractivity (Wildman–Crippen MR) is 127 cm³/mol. The average molecular weight is 437 g/mol. The van der Waals surface area contributed by atoms with Crippen LogP contribution in [0, 0.1) is 6.92 Å². The number of urea groups is 1. The largest absolute Gasteiger partial charge is 0.394 e. The maximum absolute atomic E-state index is 13.1. The van der Waals surface area contributed by atoms with Crippen molar-refractivity contribution >= 4 is 17.5 Å². The summed E-state index contributed by atoms with van der Waals surface area (Å²) in [5, 5.41) is 10.7. The number of methoxy groups -OCH3 is 1. The van der Waals surface area contributed by atoms with Crippen LogP contribution < -0.4 is 16.4 Å². The van der Waals surface area contributed by atoms with Crippen molar-refractivity contribution in [3.8, 4) is 0 Å². The lowest BCUT2D eigenvalue weighted by Crippen LogP contribution is -2.42. The number of aromatic nitrogens is 2. The van der Waals surface area contributed by atoms with Crippen LogP contribution in [-0.4, -0.2) is 60.1 Å². The van der Waals surface area contributed by atoms with Gasteiger partial charge < -0.3 is 15.8 Å². The molecule has 2 amide bonds. The van der Waals surface area contributed by atoms with Crippen molar-refractivity contribution < 1.29 is 9.53 Å². The zero-order valence-electron chi connectivity index (χ0n) is 18.7. The van der Waals surface area contributed by atoms with Crippen LogP contribution in [0.4, 0.5) is 16.3 Å². The number of carbonyl (C=O) groups is 1. The molecule has 2 aliphatic rings. The molecule has 0 saturated carbocycles. The number of carbonyl (C=O) groups excluding carboxylic acids is 1. The van der Waals surface area contributed by atoms with Crippen molar-refractivity contribution in [3.63, 3.8) is 0 Å². The van der Waals surface area contributed by atoms with E-state index in [1.165, 1.54) is 5.56 Å². The maximum Gasteiger partial charge on any atom is 0.320 e. The molecule has 1 aromatic heterocycles. The number of anilines is 2. The van der Waals surface area contributed by atoms with E-state index in [0.29, 0.717) is 23.8 Å². The van der Waals surface area contributed by atoms with Crippen LogP contribution in [0.3, 0.4) is 0 Å². The van der Waals surface area contributed by atoms with E-state index in [1.54, 1.807) is 11.8 Å². The molecule has 1 fully saturated rings. The van der Waals surface area contributed by atoms with Gasteiger partial charge in [-0.1, -0.05) is 54.6 Å². The topological polar surface area (TPSA) is 97.4 Å². The monoisotopic (exact) mass is 436 g/mol. The van der Waals surface area contributed by atoms with E-state index in [-0.39, 0.29) is 24.0 Å². The maximum atomic E-state index is 13.1. The lowest BCUT2D eigenvalue weighted by atomic mass is 9.94. The number of nitrogen functional groups attached to an aromatic ring is 1. The number of ether oxygens (including phenoxy) is 1. The lowest BCUT2D eigenvalue weighted by molar-refractivity contribution is 0.159. The highest BCUT2D eigenvalue weighted by atomic mass is 16.5. The van der Waals surface area contributed by atoms with Gasteiger partial charge in [0.15, 0.2) is 5.82 Å². The fourth-order valence-electron chi connectivity index (χ4n) is 4.46. The number of nitrogens with zero attached hydrogens (tertiary/aromatic N) is 3. The zero-order valence-corrected chi connectivity index (χ0v) is 18.7. The normalized spacial score (nSPS) is 22.9. The molecule has 32 heavy (non-hydrogen) atoms. The lowest BCUT2D eigenvalue weighted by Gasteiger charge is -2.22. The Balaban J connectivity index is 1.49. The summed E-state index contributed by atoms with van der Waals surface area (Å²) in [4.78, 5) is 15.4. The fourth-order valence-corrected chi connectivity index (χ4v) is 4.46. The fraction of sp³-hybridized carbons (Fsp3) is 0.417. The summed E-state index contributed by atoms with van der Waals surface area (Å²) in [5.41, 5.74) is 8.69. The summed E-state index contributed by atoms with van der Waals surface area (Å²) in [5.74, 6) is 0.740. The van der Waals surface area contributed by atoms with Crippen LogP contribution in [0.2, 0.25) is 0 Å². The molecule has 2 aromatic rings. The second kappa shape index (κ2) is 10.0. The van der Waals surface area contributed by atoms with Gasteiger partial charge in [-0.15, -0.1) is 0 Å². The van der Waals surface area contributed by atoms with Crippen LogP contribution in [0.5, 0.6) is 0 Å². The van der Waals surface area contributed by atoms with E-state index in [1.807, 2.05) is 37.3 Å². The minimum absolute atomic E-state index is 0.0227. The highest BCUT2D eigenvalue weighted by Gasteiger charge is 2.35. The summed E-state index contributed by atoms with van der Waals surface area (Å²) in [6.45, 7) is 4.99. The summed E-state index contributed by atoms with van der Waals surface area (Å²) in [7, 11) is 1.71. The van der Waals surface area contributed by atoms with E-state index in [4.69, 9.17) is 10.5 Å². The summed E-state index contributed by atoms with van der Waals surface area (Å²) < 4.78 is 7.06. The average Bonchev–Trinajstić information content (AvgIpc) is 3.34. The Labute approximate surface area is 189 Å². The smallest absolute Gasteiger partial charge is 0.320 e. The van der Waals surface area contributed by atoms with E-state index < -0.39 is 0 Å². The van der Waals surface area contributed by atoms with Gasteiger partial charge in [0.05, 0.1) is 30.1 Å². The molecule has 8 heteroatoms. The Kier molecular flexibility index (Phi) is 6.92. The van der Waals surface area contributed by atoms with E-state index in [0.717, 1.165) is 26.1 Å². The molecule has 4 N–H and O–H groups in total. The van der Waals surface area contributed by atoms with Gasteiger partial charge >= 0.3 is 6.03 Å². The van der Waals surface area contributed by atoms with Crippen molar-refractivity contribution in [2.45, 2.75) is 31.3 Å². The van der Waals surface area contributed by atoms with Gasteiger partial charge in [-0.3, -0.25) is 10.2 Å². The van der Waals surface area contributed by atoms with Gasteiger partial charge in [0, 0.05) is 32.7 Å². The SMILES string of the molecule is COCCN1CC(c2ccccc2)[C@H](NC(=O)Nc2c(N)c(C)nn2C2C=CC=CC2)C1. The molecular formula is C24H32N6O2. The molecule has 1 aliphatic carbocycles. The molecule has 170 valence electrons. The molecule has 1 saturated heterocycles. The summed E-state index contributed by atoms with van der Waals surface area (Å²) in [6.07, 6.45) is 8.95. The number of hydrogen-bond donors (Lipinski definition) is 3. The molecule has 3 atom stereocenters. The van der Waals surface area contributed by atoms with E-state index in [2.05, 4.69) is 44.9 Å². The highest BCUT2D eigenvalue weighted by Crippen LogP contribution is 2.30. The zero-order chi connectivity index (χ0) is 22.5. The first-order chi connectivity index (χ1) is 15.6. The van der Waals surface area contributed by atoms with Gasteiger partial charge in [0.2, 0.25) is 0 Å². The van der Waals surface area contributed by atoms with Crippen LogP contribution in [0.1, 0.15) is 29.6 Å². The molecular weight excluding hydrogens is 404 g/mol. The molecule has 0 bridgehead atoms. The number of rotatable bonds is 7. The van der Waals surface area contributed by atoms with Crippen LogP contribution in [0.15, 0.2) is 54.6 Å². The number of allylic oxidation sites excluding steroid dienone is 4. The van der Waals surface area contributed by atoms with Crippen molar-refractivity contribution in [1.29, 1.82) is 0 Å². The van der Waals surface area contributed by atoms with Gasteiger partial charge in [-0.2, -0.15) is 5.10 Å². The molecule has 1 aromatic carbocycles. The first-order valence-corrected chi connectivity index (χ1v) is 11.1. The summed E-state index contributed by atoms with van der Waals surface area (Å²) in [6, 6.07) is 10.1. The number of nitrogens with two attached hydrogens (primary N) is 1. The van der Waals surface area contributed by atoms with Crippen LogP contribution in [0.25, 0.3) is 0 Å². The Morgan fingerprint density at radius 3 is 2.78 bits per heavy atom. The first-order valence-electron chi connectivity index (χ1n) is 11.1. The number of aryl methyl sites for hydroxylation is 1. The van der Waals surface area contributed by atoms with Gasteiger partial charge in [0.25, 0.3) is 0 Å². The number of nitrogens with one attached hydrogen (secondary N) is 2. The molecule has 8 nitrogen and oxygen atoms in total. The Morgan fingerprint density at radius 2 is 2.06 bits per heavy atom. The van der Waals surface area contributed by atoms with Crippen LogP contribution in [-0.2, 0) is 4.74 Å². The number of hydrogen-bond acceptors (Lipinski definition) is 5. The molecule has 2 unspecified atom stereocenters. The van der Waals surface area contributed by atoms with Crippen molar-refractivity contribution in [1.82, 2.24) is 20.0 Å². The highest BCUT2D eigenvalue weighted by molar-refractivity contribution is 5.92. The molecule has 0 radical (unpaired) electrons. The third-order valence-electron chi connectivity index (χ3n) is 6.19. The number of likely N-dealkylation sites (tertiary alicyclic amines) is 1. The molecule has 4 rings (SSSR count). The van der Waals surface area contributed by atoms with Gasteiger partial charge in [-0.25, -0.2) is 9.48 Å². The third kappa shape index (κ3) is 4.87. The van der Waals surface area contributed by atoms with E-state index >= 15 is 0 Å². The summed E-state index contributed by atoms with van der Waals surface area (Å²) >= 11 is 0. The Morgan fingerprint density at radius 1 is 1.25 bits per heavy atom. The minimum Gasteiger partial charge on any atom is -0.394 e. The van der Waals surface area contributed by atoms with Crippen LogP contribution >= 0.6 is 0 Å². The minimum atomic E-state index is -0.271. The third-order valence-corrected chi connectivity index (χ3v) is 6.19. The number of amides is 2. The molecule has 1 aliphatic heterocycles. The first kappa shape index (κ1) is 22.1. The second-order valence-corrected chi connectivity index (χ2v) is 8.38. The van der Waals surface area contributed by atoms with E-state index in [9.17, 15) is 4.79 Å². The molecule has 2 heterocycles. The van der Waals surface area contributed by atoms with Gasteiger partial charge in [-0.05, 0) is 18.9 Å². The van der Waals surface area contributed by atoms with Crippen molar-refractivity contribution in [2.24, 2.45) is 0 Å². The standard InChI is InChI=1S/C24H32N6O2/c1-17-22(25)23(30(28-17)19-11-7-4-8-12-19)27-24(31)26-21-16-29(13-14-32-2)15-20(21)18-9-5-3-6-10-18/h3-11,19-21H,12-16,25H2,1-2H3,(H2,26,27,31)/t19?,20?,21-/m1/s1. The van der Waals surface area contributed by atoms with Crippen molar-refractivity contribution in [3.05, 3.63) is 65.9 Å². The van der Waals surface area contributed by atoms with Gasteiger partial charge in [0.1, 0.15) is 0 Å². The number of benzene rings is 1. The quantitative estimate of drug-likeness (QED) is 0.620. The Hall–Kier alpha value is -3.10.